The fraction of sp³-hybridized carbons (Fsp3) is 0.222. The van der Waals surface area contributed by atoms with E-state index in [0.29, 0.717) is 16.3 Å². The second kappa shape index (κ2) is 5.35. The van der Waals surface area contributed by atoms with Gasteiger partial charge in [0.05, 0.1) is 17.0 Å². The van der Waals surface area contributed by atoms with Crippen molar-refractivity contribution in [2.24, 2.45) is 5.73 Å². The highest BCUT2D eigenvalue weighted by atomic mass is 32.2. The van der Waals surface area contributed by atoms with Crippen LogP contribution in [-0.4, -0.2) is 27.7 Å². The molecule has 1 heterocycles. The molecule has 80 valence electrons. The van der Waals surface area contributed by atoms with Gasteiger partial charge in [-0.25, -0.2) is 4.98 Å². The zero-order valence-corrected chi connectivity index (χ0v) is 8.66. The highest BCUT2D eigenvalue weighted by Crippen LogP contribution is 2.15. The number of thioether (sulfide) groups is 1. The van der Waals surface area contributed by atoms with E-state index in [1.807, 2.05) is 0 Å². The predicted molar refractivity (Wildman–Crippen MR) is 55.7 cm³/mol. The smallest absolute Gasteiger partial charge is 0.304 e. The average molecular weight is 226 g/mol. The van der Waals surface area contributed by atoms with Crippen LogP contribution in [0.4, 0.5) is 0 Å². The topological polar surface area (TPSA) is 93.3 Å². The molecular weight excluding hydrogens is 216 g/mol. The van der Waals surface area contributed by atoms with E-state index in [2.05, 4.69) is 4.98 Å². The molecule has 0 aliphatic heterocycles. The summed E-state index contributed by atoms with van der Waals surface area (Å²) < 4.78 is 0. The molecule has 1 amide bonds. The van der Waals surface area contributed by atoms with E-state index in [0.717, 1.165) is 0 Å². The second-order valence-electron chi connectivity index (χ2n) is 2.74. The molecule has 0 saturated carbocycles. The molecule has 0 radical (unpaired) electrons. The molecule has 3 N–H and O–H groups in total. The van der Waals surface area contributed by atoms with Gasteiger partial charge in [0, 0.05) is 11.9 Å². The first-order valence-corrected chi connectivity index (χ1v) is 5.18. The molecule has 0 atom stereocenters. The summed E-state index contributed by atoms with van der Waals surface area (Å²) >= 11 is 1.33. The first-order valence-electron chi connectivity index (χ1n) is 4.20. The van der Waals surface area contributed by atoms with Gasteiger partial charge in [0.1, 0.15) is 0 Å². The second-order valence-corrected chi connectivity index (χ2v) is 3.86. The molecule has 15 heavy (non-hydrogen) atoms. The number of amides is 1. The fourth-order valence-electron chi connectivity index (χ4n) is 0.854. The number of carbonyl (C=O) groups excluding carboxylic acids is 1. The molecule has 0 aliphatic carbocycles. The van der Waals surface area contributed by atoms with Crippen molar-refractivity contribution in [2.75, 3.05) is 5.75 Å². The summed E-state index contributed by atoms with van der Waals surface area (Å²) in [6.45, 7) is 0. The number of pyridine rings is 1. The van der Waals surface area contributed by atoms with Crippen LogP contribution in [0.1, 0.15) is 16.8 Å². The maximum atomic E-state index is 10.7. The molecule has 0 unspecified atom stereocenters. The normalized spacial score (nSPS) is 9.87. The molecule has 0 spiro atoms. The number of nitrogens with two attached hydrogens (primary N) is 1. The summed E-state index contributed by atoms with van der Waals surface area (Å²) in [6, 6.07) is 3.21. The minimum absolute atomic E-state index is 0.0872. The number of hydrogen-bond donors (Lipinski definition) is 2. The van der Waals surface area contributed by atoms with Crippen LogP contribution in [0.3, 0.4) is 0 Å². The summed E-state index contributed by atoms with van der Waals surface area (Å²) in [6.07, 6.45) is 1.47. The molecule has 1 rings (SSSR count). The highest BCUT2D eigenvalue weighted by molar-refractivity contribution is 7.99. The van der Waals surface area contributed by atoms with Crippen LogP contribution >= 0.6 is 11.8 Å². The largest absolute Gasteiger partial charge is 0.481 e. The Balaban J connectivity index is 2.50. The van der Waals surface area contributed by atoms with E-state index in [1.54, 1.807) is 12.1 Å². The molecular formula is C9H10N2O3S. The van der Waals surface area contributed by atoms with Gasteiger partial charge < -0.3 is 10.8 Å². The van der Waals surface area contributed by atoms with Gasteiger partial charge in [0.2, 0.25) is 5.91 Å². The Hall–Kier alpha value is -1.56. The molecule has 5 nitrogen and oxygen atoms in total. The van der Waals surface area contributed by atoms with Gasteiger partial charge in [-0.3, -0.25) is 9.59 Å². The average Bonchev–Trinajstić information content (AvgIpc) is 2.18. The van der Waals surface area contributed by atoms with E-state index in [4.69, 9.17) is 10.8 Å². The van der Waals surface area contributed by atoms with Crippen LogP contribution in [-0.2, 0) is 4.79 Å². The number of carboxylic acid groups (broad SMARTS) is 1. The van der Waals surface area contributed by atoms with Gasteiger partial charge in [-0.2, -0.15) is 0 Å². The third-order valence-corrected chi connectivity index (χ3v) is 2.53. The first-order chi connectivity index (χ1) is 7.09. The molecule has 6 heteroatoms. The van der Waals surface area contributed by atoms with Crippen molar-refractivity contribution < 1.29 is 14.7 Å². The molecule has 0 aliphatic rings. The maximum Gasteiger partial charge on any atom is 0.304 e. The first kappa shape index (κ1) is 11.5. The Morgan fingerprint density at radius 2 is 2.20 bits per heavy atom. The van der Waals surface area contributed by atoms with E-state index in [-0.39, 0.29) is 6.42 Å². The van der Waals surface area contributed by atoms with Crippen LogP contribution < -0.4 is 5.73 Å². The number of carboxylic acids is 1. The van der Waals surface area contributed by atoms with E-state index in [9.17, 15) is 9.59 Å². The number of rotatable bonds is 5. The van der Waals surface area contributed by atoms with Gasteiger partial charge in [-0.05, 0) is 12.1 Å². The Bertz CT molecular complexity index is 364. The zero-order chi connectivity index (χ0) is 11.3. The van der Waals surface area contributed by atoms with E-state index in [1.165, 1.54) is 18.0 Å². The van der Waals surface area contributed by atoms with Crippen LogP contribution in [0.5, 0.6) is 0 Å². The number of nitrogens with zero attached hydrogens (tertiary/aromatic N) is 1. The van der Waals surface area contributed by atoms with Gasteiger partial charge in [0.25, 0.3) is 0 Å². The van der Waals surface area contributed by atoms with Gasteiger partial charge in [0.15, 0.2) is 0 Å². The van der Waals surface area contributed by atoms with Gasteiger partial charge >= 0.3 is 5.97 Å². The molecule has 1 aromatic rings. The van der Waals surface area contributed by atoms with Crippen molar-refractivity contribution in [1.29, 1.82) is 0 Å². The lowest BCUT2D eigenvalue weighted by Gasteiger charge is -1.99. The molecule has 0 fully saturated rings. The fourth-order valence-corrected chi connectivity index (χ4v) is 1.63. The summed E-state index contributed by atoms with van der Waals surface area (Å²) in [5.74, 6) is -0.904. The van der Waals surface area contributed by atoms with Crippen molar-refractivity contribution >= 4 is 23.6 Å². The number of primary amides is 1. The van der Waals surface area contributed by atoms with Crippen molar-refractivity contribution in [1.82, 2.24) is 4.98 Å². The number of aliphatic carboxylic acids is 1. The number of hydrogen-bond acceptors (Lipinski definition) is 4. The summed E-state index contributed by atoms with van der Waals surface area (Å²) in [4.78, 5) is 24.9. The van der Waals surface area contributed by atoms with Crippen molar-refractivity contribution in [3.63, 3.8) is 0 Å². The number of carbonyl (C=O) groups is 2. The summed E-state index contributed by atoms with van der Waals surface area (Å²) in [7, 11) is 0. The van der Waals surface area contributed by atoms with Crippen LogP contribution in [0.2, 0.25) is 0 Å². The SMILES string of the molecule is NC(=O)c1ccc(SCCC(=O)O)nc1. The summed E-state index contributed by atoms with van der Waals surface area (Å²) in [5.41, 5.74) is 5.39. The Morgan fingerprint density at radius 3 is 2.67 bits per heavy atom. The standard InChI is InChI=1S/C9H10N2O3S/c10-9(14)6-1-2-7(11-5-6)15-4-3-8(12)13/h1-2,5H,3-4H2,(H2,10,14)(H,12,13). The molecule has 0 saturated heterocycles. The van der Waals surface area contributed by atoms with Crippen molar-refractivity contribution in [3.05, 3.63) is 23.9 Å². The monoisotopic (exact) mass is 226 g/mol. The Morgan fingerprint density at radius 1 is 1.47 bits per heavy atom. The van der Waals surface area contributed by atoms with Gasteiger partial charge in [-0.1, -0.05) is 0 Å². The summed E-state index contributed by atoms with van der Waals surface area (Å²) in [5, 5.41) is 9.10. The van der Waals surface area contributed by atoms with E-state index >= 15 is 0 Å². The number of aromatic nitrogens is 1. The maximum absolute atomic E-state index is 10.7. The lowest BCUT2D eigenvalue weighted by atomic mass is 10.3. The van der Waals surface area contributed by atoms with Gasteiger partial charge in [-0.15, -0.1) is 11.8 Å². The van der Waals surface area contributed by atoms with Crippen LogP contribution in [0, 0.1) is 0 Å². The Kier molecular flexibility index (Phi) is 4.11. The van der Waals surface area contributed by atoms with Crippen LogP contribution in [0.15, 0.2) is 23.4 Å². The third kappa shape index (κ3) is 3.99. The molecule has 1 aromatic heterocycles. The predicted octanol–water partition coefficient (Wildman–Crippen LogP) is 0.747. The third-order valence-electron chi connectivity index (χ3n) is 1.59. The van der Waals surface area contributed by atoms with Crippen molar-refractivity contribution in [3.8, 4) is 0 Å². The lowest BCUT2D eigenvalue weighted by Crippen LogP contribution is -2.10. The van der Waals surface area contributed by atoms with E-state index < -0.39 is 11.9 Å². The molecule has 0 aromatic carbocycles. The highest BCUT2D eigenvalue weighted by Gasteiger charge is 2.02. The molecule has 0 bridgehead atoms. The lowest BCUT2D eigenvalue weighted by molar-refractivity contribution is -0.136. The minimum atomic E-state index is -0.837. The van der Waals surface area contributed by atoms with Crippen LogP contribution in [0.25, 0.3) is 0 Å². The Labute approximate surface area is 90.7 Å². The minimum Gasteiger partial charge on any atom is -0.481 e. The zero-order valence-electron chi connectivity index (χ0n) is 7.84. The quantitative estimate of drug-likeness (QED) is 0.722. The van der Waals surface area contributed by atoms with Crippen molar-refractivity contribution in [2.45, 2.75) is 11.4 Å².